The molecule has 2 nitrogen and oxygen atoms in total. The van der Waals surface area contributed by atoms with E-state index in [9.17, 15) is 0 Å². The van der Waals surface area contributed by atoms with Crippen molar-refractivity contribution < 1.29 is 4.74 Å². The molecule has 3 atom stereocenters. The van der Waals surface area contributed by atoms with Crippen LogP contribution in [0, 0.1) is 12.3 Å². The Morgan fingerprint density at radius 1 is 1.67 bits per heavy atom. The molecule has 0 saturated carbocycles. The number of hydrogen-bond acceptors (Lipinski definition) is 2. The second-order valence-electron chi connectivity index (χ2n) is 3.44. The normalized spacial score (nSPS) is 31.4. The zero-order valence-electron chi connectivity index (χ0n) is 7.84. The van der Waals surface area contributed by atoms with Crippen LogP contribution in [0.4, 0.5) is 0 Å². The molecule has 1 N–H and O–H groups in total. The van der Waals surface area contributed by atoms with Gasteiger partial charge in [0.15, 0.2) is 0 Å². The Hall–Kier alpha value is -0.520. The highest BCUT2D eigenvalue weighted by atomic mass is 16.5. The molecule has 0 aliphatic carbocycles. The summed E-state index contributed by atoms with van der Waals surface area (Å²) in [7, 11) is 0. The Labute approximate surface area is 74.7 Å². The average Bonchev–Trinajstić information content (AvgIpc) is 2.47. The molecule has 12 heavy (non-hydrogen) atoms. The molecule has 0 amide bonds. The SMILES string of the molecule is C#CC(C)NCC1CCC(C)O1. The second kappa shape index (κ2) is 4.49. The maximum absolute atomic E-state index is 5.63. The van der Waals surface area contributed by atoms with E-state index in [0.717, 1.165) is 13.0 Å². The van der Waals surface area contributed by atoms with E-state index in [2.05, 4.69) is 18.2 Å². The summed E-state index contributed by atoms with van der Waals surface area (Å²) in [5.74, 6) is 2.63. The number of ether oxygens (including phenoxy) is 1. The standard InChI is InChI=1S/C10H17NO/c1-4-8(2)11-7-10-6-5-9(3)12-10/h1,8-11H,5-7H2,2-3H3. The molecular formula is C10H17NO. The van der Waals surface area contributed by atoms with Crippen molar-refractivity contribution in [3.63, 3.8) is 0 Å². The van der Waals surface area contributed by atoms with Crippen LogP contribution in [0.25, 0.3) is 0 Å². The van der Waals surface area contributed by atoms with Crippen molar-refractivity contribution in [1.82, 2.24) is 5.32 Å². The first-order chi connectivity index (χ1) is 5.72. The lowest BCUT2D eigenvalue weighted by Gasteiger charge is -2.13. The zero-order chi connectivity index (χ0) is 8.97. The molecule has 0 bridgehead atoms. The first-order valence-corrected chi connectivity index (χ1v) is 4.57. The molecule has 1 aliphatic rings. The fourth-order valence-electron chi connectivity index (χ4n) is 1.40. The molecule has 0 aromatic heterocycles. The van der Waals surface area contributed by atoms with Gasteiger partial charge < -0.3 is 10.1 Å². The van der Waals surface area contributed by atoms with Crippen LogP contribution in [-0.2, 0) is 4.74 Å². The van der Waals surface area contributed by atoms with Crippen LogP contribution < -0.4 is 5.32 Å². The number of nitrogens with one attached hydrogen (secondary N) is 1. The van der Waals surface area contributed by atoms with Crippen LogP contribution in [0.2, 0.25) is 0 Å². The Morgan fingerprint density at radius 2 is 2.42 bits per heavy atom. The first-order valence-electron chi connectivity index (χ1n) is 4.57. The monoisotopic (exact) mass is 167 g/mol. The van der Waals surface area contributed by atoms with Crippen molar-refractivity contribution in [2.75, 3.05) is 6.54 Å². The minimum atomic E-state index is 0.157. The first kappa shape index (κ1) is 9.57. The molecule has 68 valence electrons. The molecule has 1 heterocycles. The van der Waals surface area contributed by atoms with Crippen LogP contribution >= 0.6 is 0 Å². The molecule has 1 saturated heterocycles. The van der Waals surface area contributed by atoms with Gasteiger partial charge in [-0.15, -0.1) is 6.42 Å². The summed E-state index contributed by atoms with van der Waals surface area (Å²) in [6, 6.07) is 0.157. The van der Waals surface area contributed by atoms with Gasteiger partial charge in [-0.25, -0.2) is 0 Å². The predicted octanol–water partition coefficient (Wildman–Crippen LogP) is 1.17. The summed E-state index contributed by atoms with van der Waals surface area (Å²) in [6.07, 6.45) is 8.37. The maximum Gasteiger partial charge on any atom is 0.0704 e. The van der Waals surface area contributed by atoms with Crippen LogP contribution in [0.1, 0.15) is 26.7 Å². The van der Waals surface area contributed by atoms with E-state index in [0.29, 0.717) is 12.2 Å². The molecule has 1 rings (SSSR count). The lowest BCUT2D eigenvalue weighted by atomic mass is 10.2. The molecule has 0 radical (unpaired) electrons. The molecule has 3 unspecified atom stereocenters. The summed E-state index contributed by atoms with van der Waals surface area (Å²) in [5, 5.41) is 3.23. The van der Waals surface area contributed by atoms with E-state index in [4.69, 9.17) is 11.2 Å². The lowest BCUT2D eigenvalue weighted by molar-refractivity contribution is 0.0555. The Bertz CT molecular complexity index is 173. The third-order valence-corrected chi connectivity index (χ3v) is 2.22. The molecule has 0 spiro atoms. The van der Waals surface area contributed by atoms with E-state index in [1.165, 1.54) is 6.42 Å². The predicted molar refractivity (Wildman–Crippen MR) is 49.9 cm³/mol. The summed E-state index contributed by atoms with van der Waals surface area (Å²) in [4.78, 5) is 0. The van der Waals surface area contributed by atoms with Crippen molar-refractivity contribution in [2.45, 2.75) is 44.9 Å². The molecule has 0 aromatic rings. The molecular weight excluding hydrogens is 150 g/mol. The van der Waals surface area contributed by atoms with Crippen molar-refractivity contribution in [1.29, 1.82) is 0 Å². The fourth-order valence-corrected chi connectivity index (χ4v) is 1.40. The van der Waals surface area contributed by atoms with Gasteiger partial charge in [-0.05, 0) is 26.7 Å². The maximum atomic E-state index is 5.63. The van der Waals surface area contributed by atoms with Gasteiger partial charge >= 0.3 is 0 Å². The van der Waals surface area contributed by atoms with Gasteiger partial charge in [0.05, 0.1) is 18.2 Å². The fraction of sp³-hybridized carbons (Fsp3) is 0.800. The average molecular weight is 167 g/mol. The molecule has 2 heteroatoms. The highest BCUT2D eigenvalue weighted by Crippen LogP contribution is 2.18. The van der Waals surface area contributed by atoms with Gasteiger partial charge in [0.25, 0.3) is 0 Å². The summed E-state index contributed by atoms with van der Waals surface area (Å²) >= 11 is 0. The van der Waals surface area contributed by atoms with E-state index < -0.39 is 0 Å². The van der Waals surface area contributed by atoms with Crippen LogP contribution in [0.5, 0.6) is 0 Å². The smallest absolute Gasteiger partial charge is 0.0704 e. The van der Waals surface area contributed by atoms with Crippen LogP contribution in [0.3, 0.4) is 0 Å². The molecule has 1 aliphatic heterocycles. The quantitative estimate of drug-likeness (QED) is 0.637. The Balaban J connectivity index is 2.12. The number of hydrogen-bond donors (Lipinski definition) is 1. The largest absolute Gasteiger partial charge is 0.374 e. The van der Waals surface area contributed by atoms with Gasteiger partial charge in [0, 0.05) is 6.54 Å². The van der Waals surface area contributed by atoms with E-state index in [1.54, 1.807) is 0 Å². The second-order valence-corrected chi connectivity index (χ2v) is 3.44. The van der Waals surface area contributed by atoms with E-state index in [1.807, 2.05) is 6.92 Å². The zero-order valence-corrected chi connectivity index (χ0v) is 7.84. The topological polar surface area (TPSA) is 21.3 Å². The van der Waals surface area contributed by atoms with Gasteiger partial charge in [-0.3, -0.25) is 0 Å². The van der Waals surface area contributed by atoms with Gasteiger partial charge in [0.1, 0.15) is 0 Å². The molecule has 1 fully saturated rings. The number of rotatable bonds is 3. The van der Waals surface area contributed by atoms with E-state index in [-0.39, 0.29) is 6.04 Å². The Morgan fingerprint density at radius 3 is 2.92 bits per heavy atom. The van der Waals surface area contributed by atoms with Crippen LogP contribution in [-0.4, -0.2) is 24.8 Å². The third kappa shape index (κ3) is 2.84. The van der Waals surface area contributed by atoms with Crippen molar-refractivity contribution in [2.24, 2.45) is 0 Å². The van der Waals surface area contributed by atoms with Crippen molar-refractivity contribution >= 4 is 0 Å². The Kier molecular flexibility index (Phi) is 3.58. The van der Waals surface area contributed by atoms with Crippen LogP contribution in [0.15, 0.2) is 0 Å². The van der Waals surface area contributed by atoms with Gasteiger partial charge in [0.2, 0.25) is 0 Å². The highest BCUT2D eigenvalue weighted by molar-refractivity contribution is 4.96. The summed E-state index contributed by atoms with van der Waals surface area (Å²) < 4.78 is 5.63. The van der Waals surface area contributed by atoms with Crippen molar-refractivity contribution in [3.8, 4) is 12.3 Å². The summed E-state index contributed by atoms with van der Waals surface area (Å²) in [6.45, 7) is 4.98. The summed E-state index contributed by atoms with van der Waals surface area (Å²) in [5.41, 5.74) is 0. The molecule has 0 aromatic carbocycles. The minimum absolute atomic E-state index is 0.157. The van der Waals surface area contributed by atoms with E-state index >= 15 is 0 Å². The third-order valence-electron chi connectivity index (χ3n) is 2.22. The highest BCUT2D eigenvalue weighted by Gasteiger charge is 2.21. The lowest BCUT2D eigenvalue weighted by Crippen LogP contribution is -2.32. The van der Waals surface area contributed by atoms with Gasteiger partial charge in [-0.2, -0.15) is 0 Å². The minimum Gasteiger partial charge on any atom is -0.374 e. The number of terminal acetylenes is 1. The van der Waals surface area contributed by atoms with Crippen molar-refractivity contribution in [3.05, 3.63) is 0 Å². The van der Waals surface area contributed by atoms with Gasteiger partial charge in [-0.1, -0.05) is 5.92 Å².